The number of imidazole rings is 1. The van der Waals surface area contributed by atoms with Crippen molar-refractivity contribution in [3.63, 3.8) is 0 Å². The maximum Gasteiger partial charge on any atom is 0.255 e. The molecule has 1 N–H and O–H groups in total. The van der Waals surface area contributed by atoms with E-state index in [1.54, 1.807) is 25.3 Å². The van der Waals surface area contributed by atoms with Crippen molar-refractivity contribution in [2.75, 3.05) is 12.4 Å². The maximum absolute atomic E-state index is 12.5. The van der Waals surface area contributed by atoms with Crippen molar-refractivity contribution >= 4 is 17.2 Å². The Morgan fingerprint density at radius 1 is 1.04 bits per heavy atom. The number of carbonyl (C=O) groups excluding carboxylic acids is 1. The molecule has 27 heavy (non-hydrogen) atoms. The van der Waals surface area contributed by atoms with Crippen LogP contribution in [0.4, 0.5) is 5.69 Å². The lowest BCUT2D eigenvalue weighted by Gasteiger charge is -2.08. The molecule has 4 rings (SSSR count). The van der Waals surface area contributed by atoms with Crippen LogP contribution >= 0.6 is 0 Å². The zero-order valence-corrected chi connectivity index (χ0v) is 15.1. The topological polar surface area (TPSA) is 55.6 Å². The van der Waals surface area contributed by atoms with Gasteiger partial charge in [-0.15, -0.1) is 0 Å². The number of aryl methyl sites for hydroxylation is 1. The highest BCUT2D eigenvalue weighted by Crippen LogP contribution is 2.23. The van der Waals surface area contributed by atoms with Gasteiger partial charge in [-0.25, -0.2) is 4.98 Å². The summed E-state index contributed by atoms with van der Waals surface area (Å²) in [5, 5.41) is 2.93. The van der Waals surface area contributed by atoms with E-state index in [1.165, 1.54) is 5.56 Å². The summed E-state index contributed by atoms with van der Waals surface area (Å²) in [5.41, 5.74) is 5.13. The molecule has 0 saturated heterocycles. The molecule has 2 aromatic carbocycles. The lowest BCUT2D eigenvalue weighted by molar-refractivity contribution is 0.102. The lowest BCUT2D eigenvalue weighted by atomic mass is 10.1. The molecule has 0 saturated carbocycles. The van der Waals surface area contributed by atoms with E-state index >= 15 is 0 Å². The molecule has 0 aliphatic heterocycles. The molecule has 4 aromatic rings. The van der Waals surface area contributed by atoms with Gasteiger partial charge in [-0.3, -0.25) is 4.79 Å². The molecule has 5 nitrogen and oxygen atoms in total. The Labute approximate surface area is 157 Å². The Kier molecular flexibility index (Phi) is 4.34. The number of methoxy groups -OCH3 is 1. The Bertz CT molecular complexity index is 1130. The minimum atomic E-state index is -0.184. The fraction of sp³-hybridized carbons (Fsp3) is 0.0909. The molecule has 0 fully saturated rings. The third-order valence-electron chi connectivity index (χ3n) is 4.35. The molecule has 134 valence electrons. The summed E-state index contributed by atoms with van der Waals surface area (Å²) in [6.07, 6.45) is 4.03. The fourth-order valence-electron chi connectivity index (χ4n) is 2.97. The van der Waals surface area contributed by atoms with Crippen LogP contribution in [0.15, 0.2) is 73.1 Å². The summed E-state index contributed by atoms with van der Waals surface area (Å²) in [4.78, 5) is 17.2. The van der Waals surface area contributed by atoms with Gasteiger partial charge >= 0.3 is 0 Å². The minimum Gasteiger partial charge on any atom is -0.497 e. The summed E-state index contributed by atoms with van der Waals surface area (Å²) in [6, 6.07) is 18.8. The molecule has 0 aliphatic carbocycles. The van der Waals surface area contributed by atoms with Crippen LogP contribution in [-0.4, -0.2) is 22.4 Å². The van der Waals surface area contributed by atoms with E-state index in [0.29, 0.717) is 17.0 Å². The summed E-state index contributed by atoms with van der Waals surface area (Å²) in [5.74, 6) is 0.466. The Morgan fingerprint density at radius 2 is 1.89 bits per heavy atom. The van der Waals surface area contributed by atoms with E-state index < -0.39 is 0 Å². The number of ether oxygens (including phenoxy) is 1. The van der Waals surface area contributed by atoms with Crippen LogP contribution in [-0.2, 0) is 0 Å². The van der Waals surface area contributed by atoms with Crippen molar-refractivity contribution in [1.29, 1.82) is 0 Å². The number of amides is 1. The van der Waals surface area contributed by atoms with Crippen LogP contribution in [0.3, 0.4) is 0 Å². The first-order chi connectivity index (χ1) is 13.1. The highest BCUT2D eigenvalue weighted by Gasteiger charge is 2.09. The van der Waals surface area contributed by atoms with Gasteiger partial charge in [0, 0.05) is 29.2 Å². The van der Waals surface area contributed by atoms with Crippen molar-refractivity contribution < 1.29 is 9.53 Å². The fourth-order valence-corrected chi connectivity index (χ4v) is 2.97. The number of nitrogens with zero attached hydrogens (tertiary/aromatic N) is 2. The molecule has 2 aromatic heterocycles. The van der Waals surface area contributed by atoms with E-state index in [0.717, 1.165) is 16.9 Å². The predicted molar refractivity (Wildman–Crippen MR) is 106 cm³/mol. The highest BCUT2D eigenvalue weighted by atomic mass is 16.5. The number of benzene rings is 2. The van der Waals surface area contributed by atoms with E-state index in [4.69, 9.17) is 4.74 Å². The number of hydrogen-bond donors (Lipinski definition) is 1. The summed E-state index contributed by atoms with van der Waals surface area (Å²) in [7, 11) is 1.58. The maximum atomic E-state index is 12.5. The van der Waals surface area contributed by atoms with Crippen LogP contribution in [0.2, 0.25) is 0 Å². The number of fused-ring (bicyclic) bond motifs is 1. The van der Waals surface area contributed by atoms with E-state index in [1.807, 2.05) is 66.2 Å². The zero-order valence-electron chi connectivity index (χ0n) is 15.1. The summed E-state index contributed by atoms with van der Waals surface area (Å²) >= 11 is 0. The SMILES string of the molecule is COc1cccc(C(=O)Nc2cccc(-c3cn4cc(C)ccc4n3)c2)c1. The van der Waals surface area contributed by atoms with Crippen molar-refractivity contribution in [3.8, 4) is 17.0 Å². The molecule has 0 atom stereocenters. The molecule has 0 spiro atoms. The molecule has 1 amide bonds. The van der Waals surface area contributed by atoms with E-state index in [9.17, 15) is 4.79 Å². The highest BCUT2D eigenvalue weighted by molar-refractivity contribution is 6.04. The van der Waals surface area contributed by atoms with Gasteiger partial charge in [0.05, 0.1) is 12.8 Å². The smallest absolute Gasteiger partial charge is 0.255 e. The Balaban J connectivity index is 1.60. The van der Waals surface area contributed by atoms with Gasteiger partial charge in [-0.2, -0.15) is 0 Å². The summed E-state index contributed by atoms with van der Waals surface area (Å²) in [6.45, 7) is 2.05. The molecular weight excluding hydrogens is 338 g/mol. The quantitative estimate of drug-likeness (QED) is 0.582. The number of pyridine rings is 1. The van der Waals surface area contributed by atoms with Crippen LogP contribution in [0.5, 0.6) is 5.75 Å². The van der Waals surface area contributed by atoms with Gasteiger partial charge in [0.25, 0.3) is 5.91 Å². The average molecular weight is 357 g/mol. The van der Waals surface area contributed by atoms with Crippen LogP contribution in [0.25, 0.3) is 16.9 Å². The number of aromatic nitrogens is 2. The second-order valence-electron chi connectivity index (χ2n) is 6.36. The van der Waals surface area contributed by atoms with Gasteiger partial charge in [0.1, 0.15) is 11.4 Å². The van der Waals surface area contributed by atoms with Crippen LogP contribution < -0.4 is 10.1 Å². The van der Waals surface area contributed by atoms with Crippen molar-refractivity contribution in [3.05, 3.63) is 84.2 Å². The normalized spacial score (nSPS) is 10.7. The zero-order chi connectivity index (χ0) is 18.8. The Hall–Kier alpha value is -3.60. The van der Waals surface area contributed by atoms with Crippen molar-refractivity contribution in [1.82, 2.24) is 9.38 Å². The standard InChI is InChI=1S/C22H19N3O2/c1-15-9-10-21-24-20(14-25(21)13-15)16-5-3-7-18(11-16)23-22(26)17-6-4-8-19(12-17)27-2/h3-14H,1-2H3,(H,23,26). The van der Waals surface area contributed by atoms with Gasteiger partial charge < -0.3 is 14.5 Å². The van der Waals surface area contributed by atoms with Crippen LogP contribution in [0.1, 0.15) is 15.9 Å². The minimum absolute atomic E-state index is 0.184. The van der Waals surface area contributed by atoms with Gasteiger partial charge in [0.15, 0.2) is 0 Å². The lowest BCUT2D eigenvalue weighted by Crippen LogP contribution is -2.11. The molecule has 0 unspecified atom stereocenters. The molecule has 0 radical (unpaired) electrons. The molecular formula is C22H19N3O2. The van der Waals surface area contributed by atoms with Crippen molar-refractivity contribution in [2.24, 2.45) is 0 Å². The number of anilines is 1. The largest absolute Gasteiger partial charge is 0.497 e. The first-order valence-electron chi connectivity index (χ1n) is 8.63. The first kappa shape index (κ1) is 16.8. The molecule has 0 aliphatic rings. The second kappa shape index (κ2) is 6.96. The molecule has 0 bridgehead atoms. The summed E-state index contributed by atoms with van der Waals surface area (Å²) < 4.78 is 7.18. The predicted octanol–water partition coefficient (Wildman–Crippen LogP) is 4.57. The van der Waals surface area contributed by atoms with E-state index in [-0.39, 0.29) is 5.91 Å². The second-order valence-corrected chi connectivity index (χ2v) is 6.36. The number of nitrogens with one attached hydrogen (secondary N) is 1. The molecule has 2 heterocycles. The van der Waals surface area contributed by atoms with Crippen molar-refractivity contribution in [2.45, 2.75) is 6.92 Å². The third kappa shape index (κ3) is 3.53. The average Bonchev–Trinajstić information content (AvgIpc) is 3.11. The van der Waals surface area contributed by atoms with E-state index in [2.05, 4.69) is 10.3 Å². The number of carbonyl (C=O) groups is 1. The van der Waals surface area contributed by atoms with Gasteiger partial charge in [-0.05, 0) is 48.9 Å². The number of hydrogen-bond acceptors (Lipinski definition) is 3. The van der Waals surface area contributed by atoms with Gasteiger partial charge in [0.2, 0.25) is 0 Å². The van der Waals surface area contributed by atoms with Crippen LogP contribution in [0, 0.1) is 6.92 Å². The van der Waals surface area contributed by atoms with Gasteiger partial charge in [-0.1, -0.05) is 24.3 Å². The first-order valence-corrected chi connectivity index (χ1v) is 8.63. The Morgan fingerprint density at radius 3 is 2.74 bits per heavy atom. The third-order valence-corrected chi connectivity index (χ3v) is 4.35. The number of rotatable bonds is 4. The molecule has 5 heteroatoms. The monoisotopic (exact) mass is 357 g/mol.